The maximum Gasteiger partial charge on any atom is 0.104 e. The Balaban J connectivity index is 2.81. The molecular formula is C9H11NO2Si. The molecule has 68 valence electrons. The normalized spacial score (nSPS) is 9.77. The number of anilines is 1. The van der Waals surface area contributed by atoms with Crippen LogP contribution in [0.5, 0.6) is 0 Å². The zero-order chi connectivity index (χ0) is 9.68. The van der Waals surface area contributed by atoms with Crippen LogP contribution < -0.4 is 5.23 Å². The molecule has 0 saturated carbocycles. The Bertz CT molecular complexity index is 324. The quantitative estimate of drug-likeness (QED) is 0.394. The molecule has 1 aromatic carbocycles. The van der Waals surface area contributed by atoms with Gasteiger partial charge in [0.05, 0.1) is 5.69 Å². The molecule has 0 unspecified atom stereocenters. The second kappa shape index (κ2) is 4.67. The molecule has 0 aromatic heterocycles. The molecule has 4 heteroatoms. The first kappa shape index (κ1) is 9.80. The molecule has 2 N–H and O–H groups in total. The number of benzene rings is 1. The zero-order valence-electron chi connectivity index (χ0n) is 7.36. The van der Waals surface area contributed by atoms with Gasteiger partial charge in [0.1, 0.15) is 9.52 Å². The molecule has 0 saturated heterocycles. The Hall–Kier alpha value is -1.28. The van der Waals surface area contributed by atoms with Crippen molar-refractivity contribution in [3.63, 3.8) is 0 Å². The van der Waals surface area contributed by atoms with E-state index in [4.69, 9.17) is 10.4 Å². The molecule has 1 aromatic rings. The summed E-state index contributed by atoms with van der Waals surface area (Å²) in [6.45, 7) is 2.12. The average molecular weight is 193 g/mol. The number of hydrogen-bond donors (Lipinski definition) is 2. The summed E-state index contributed by atoms with van der Waals surface area (Å²) in [5.41, 5.74) is 4.30. The molecule has 0 amide bonds. The number of hydrogen-bond acceptors (Lipinski definition) is 3. The lowest BCUT2D eigenvalue weighted by molar-refractivity contribution is 0.0291. The van der Waals surface area contributed by atoms with E-state index < -0.39 is 0 Å². The third-order valence-electron chi connectivity index (χ3n) is 1.51. The van der Waals surface area contributed by atoms with Gasteiger partial charge in [-0.3, -0.25) is 10.4 Å². The van der Waals surface area contributed by atoms with Gasteiger partial charge in [-0.25, -0.2) is 0 Å². The van der Waals surface area contributed by atoms with Crippen molar-refractivity contribution in [2.75, 3.05) is 5.23 Å². The Labute approximate surface area is 79.4 Å². The van der Waals surface area contributed by atoms with E-state index in [0.29, 0.717) is 5.69 Å². The van der Waals surface area contributed by atoms with Gasteiger partial charge in [0, 0.05) is 5.56 Å². The van der Waals surface area contributed by atoms with Crippen LogP contribution in [0.15, 0.2) is 24.3 Å². The smallest absolute Gasteiger partial charge is 0.104 e. The molecule has 0 atom stereocenters. The minimum absolute atomic E-state index is 0.0891. The molecule has 0 bridgehead atoms. The molecule has 0 aliphatic carbocycles. The van der Waals surface area contributed by atoms with Crippen molar-refractivity contribution in [2.24, 2.45) is 0 Å². The van der Waals surface area contributed by atoms with E-state index in [2.05, 4.69) is 18.0 Å². The van der Waals surface area contributed by atoms with E-state index in [0.717, 1.165) is 5.56 Å². The van der Waals surface area contributed by atoms with Gasteiger partial charge in [0.2, 0.25) is 0 Å². The van der Waals surface area contributed by atoms with Crippen molar-refractivity contribution < 1.29 is 10.4 Å². The summed E-state index contributed by atoms with van der Waals surface area (Å²) in [6.07, 6.45) is 0. The van der Waals surface area contributed by atoms with Crippen LogP contribution in [0.2, 0.25) is 6.55 Å². The van der Waals surface area contributed by atoms with Gasteiger partial charge in [-0.1, -0.05) is 12.5 Å². The van der Waals surface area contributed by atoms with Crippen molar-refractivity contribution in [3.05, 3.63) is 29.8 Å². The first-order valence-corrected chi connectivity index (χ1v) is 6.13. The average Bonchev–Trinajstić information content (AvgIpc) is 2.15. The molecule has 0 radical (unpaired) electrons. The molecule has 0 aliphatic rings. The minimum atomic E-state index is -0.225. The van der Waals surface area contributed by atoms with E-state index >= 15 is 0 Å². The van der Waals surface area contributed by atoms with Crippen LogP contribution in [0.1, 0.15) is 5.56 Å². The third kappa shape index (κ3) is 2.91. The van der Waals surface area contributed by atoms with Crippen LogP contribution in [0.25, 0.3) is 0 Å². The van der Waals surface area contributed by atoms with E-state index in [9.17, 15) is 0 Å². The SMILES string of the molecule is C[SiH2]C#Cc1ccc(N(O)O)cc1. The van der Waals surface area contributed by atoms with Crippen LogP contribution in [0.4, 0.5) is 5.69 Å². The lowest BCUT2D eigenvalue weighted by Gasteiger charge is -2.06. The van der Waals surface area contributed by atoms with E-state index in [1.54, 1.807) is 24.3 Å². The molecule has 3 nitrogen and oxygen atoms in total. The topological polar surface area (TPSA) is 43.7 Å². The molecule has 0 aliphatic heterocycles. The summed E-state index contributed by atoms with van der Waals surface area (Å²) in [5, 5.41) is 17.4. The summed E-state index contributed by atoms with van der Waals surface area (Å²) in [5.74, 6) is 2.99. The van der Waals surface area contributed by atoms with Gasteiger partial charge in [0.15, 0.2) is 0 Å². The molecule has 1 rings (SSSR count). The van der Waals surface area contributed by atoms with Crippen LogP contribution in [0.3, 0.4) is 0 Å². The highest BCUT2D eigenvalue weighted by Gasteiger charge is 1.96. The van der Waals surface area contributed by atoms with E-state index in [-0.39, 0.29) is 14.7 Å². The van der Waals surface area contributed by atoms with Gasteiger partial charge in [-0.15, -0.1) is 10.8 Å². The van der Waals surface area contributed by atoms with Crippen molar-refractivity contribution in [2.45, 2.75) is 6.55 Å². The van der Waals surface area contributed by atoms with Crippen LogP contribution in [-0.4, -0.2) is 19.9 Å². The lowest BCUT2D eigenvalue weighted by atomic mass is 10.2. The predicted molar refractivity (Wildman–Crippen MR) is 53.8 cm³/mol. The second-order valence-corrected chi connectivity index (χ2v) is 3.55. The van der Waals surface area contributed by atoms with Crippen LogP contribution >= 0.6 is 0 Å². The standard InChI is InChI=1S/C9H11NO2Si/c1-13-7-6-8-2-4-9(5-3-8)10(11)12/h2-5,11-12H,13H2,1H3. The van der Waals surface area contributed by atoms with Gasteiger partial charge >= 0.3 is 0 Å². The predicted octanol–water partition coefficient (Wildman–Crippen LogP) is 0.797. The van der Waals surface area contributed by atoms with E-state index in [1.807, 2.05) is 0 Å². The molecule has 0 spiro atoms. The van der Waals surface area contributed by atoms with Gasteiger partial charge in [-0.2, -0.15) is 0 Å². The van der Waals surface area contributed by atoms with Crippen LogP contribution in [0, 0.1) is 11.5 Å². The largest absolute Gasteiger partial charge is 0.264 e. The van der Waals surface area contributed by atoms with Gasteiger partial charge in [-0.05, 0) is 24.3 Å². The maximum atomic E-state index is 8.65. The number of nitrogens with zero attached hydrogens (tertiary/aromatic N) is 1. The first-order valence-electron chi connectivity index (χ1n) is 4.01. The highest BCUT2D eigenvalue weighted by Crippen LogP contribution is 2.10. The van der Waals surface area contributed by atoms with Crippen molar-refractivity contribution in [3.8, 4) is 11.5 Å². The Morgan fingerprint density at radius 1 is 1.23 bits per heavy atom. The monoisotopic (exact) mass is 193 g/mol. The van der Waals surface area contributed by atoms with Crippen molar-refractivity contribution >= 4 is 15.2 Å². The Kier molecular flexibility index (Phi) is 3.52. The second-order valence-electron chi connectivity index (χ2n) is 2.49. The van der Waals surface area contributed by atoms with Crippen LogP contribution in [-0.2, 0) is 0 Å². The Morgan fingerprint density at radius 3 is 2.31 bits per heavy atom. The van der Waals surface area contributed by atoms with E-state index in [1.165, 1.54) is 0 Å². The summed E-state index contributed by atoms with van der Waals surface area (Å²) in [4.78, 5) is 0. The summed E-state index contributed by atoms with van der Waals surface area (Å²) in [7, 11) is -0.225. The van der Waals surface area contributed by atoms with Crippen molar-refractivity contribution in [1.82, 2.24) is 0 Å². The highest BCUT2D eigenvalue weighted by molar-refractivity contribution is 6.44. The summed E-state index contributed by atoms with van der Waals surface area (Å²) < 4.78 is 0. The molecule has 0 heterocycles. The zero-order valence-corrected chi connectivity index (χ0v) is 8.77. The summed E-state index contributed by atoms with van der Waals surface area (Å²) >= 11 is 0. The Morgan fingerprint density at radius 2 is 1.85 bits per heavy atom. The first-order chi connectivity index (χ1) is 6.24. The highest BCUT2D eigenvalue weighted by atomic mass is 28.2. The molecular weight excluding hydrogens is 182 g/mol. The summed E-state index contributed by atoms with van der Waals surface area (Å²) in [6, 6.07) is 6.71. The van der Waals surface area contributed by atoms with Gasteiger partial charge in [0.25, 0.3) is 0 Å². The molecule has 13 heavy (non-hydrogen) atoms. The fourth-order valence-corrected chi connectivity index (χ4v) is 1.25. The van der Waals surface area contributed by atoms with Gasteiger partial charge < -0.3 is 0 Å². The third-order valence-corrected chi connectivity index (χ3v) is 2.04. The number of rotatable bonds is 1. The maximum absolute atomic E-state index is 8.65. The molecule has 0 fully saturated rings. The fraction of sp³-hybridized carbons (Fsp3) is 0.111. The van der Waals surface area contributed by atoms with Crippen molar-refractivity contribution in [1.29, 1.82) is 0 Å². The fourth-order valence-electron chi connectivity index (χ4n) is 0.869. The minimum Gasteiger partial charge on any atom is -0.264 e. The lowest BCUT2D eigenvalue weighted by Crippen LogP contribution is -2.10.